The molecule has 3 nitrogen and oxygen atoms in total. The SMILES string of the molecule is CCC1CC2(C1)CN(C1CCN(CCCC(=O)C(C)C)CC1)C2. The molecular formula is C20H36N2O. The van der Waals surface area contributed by atoms with Crippen LogP contribution in [0.2, 0.25) is 0 Å². The van der Waals surface area contributed by atoms with E-state index in [9.17, 15) is 4.79 Å². The molecule has 0 N–H and O–H groups in total. The molecule has 23 heavy (non-hydrogen) atoms. The van der Waals surface area contributed by atoms with Gasteiger partial charge in [0.15, 0.2) is 0 Å². The summed E-state index contributed by atoms with van der Waals surface area (Å²) >= 11 is 0. The van der Waals surface area contributed by atoms with Crippen LogP contribution in [0.25, 0.3) is 0 Å². The molecule has 132 valence electrons. The van der Waals surface area contributed by atoms with Crippen LogP contribution in [-0.4, -0.2) is 54.3 Å². The topological polar surface area (TPSA) is 23.6 Å². The highest BCUT2D eigenvalue weighted by molar-refractivity contribution is 5.80. The van der Waals surface area contributed by atoms with Crippen LogP contribution in [0, 0.1) is 17.3 Å². The molecule has 3 rings (SSSR count). The summed E-state index contributed by atoms with van der Waals surface area (Å²) < 4.78 is 0. The van der Waals surface area contributed by atoms with Gasteiger partial charge >= 0.3 is 0 Å². The van der Waals surface area contributed by atoms with E-state index in [-0.39, 0.29) is 5.92 Å². The molecule has 0 aromatic carbocycles. The zero-order valence-corrected chi connectivity index (χ0v) is 15.5. The summed E-state index contributed by atoms with van der Waals surface area (Å²) in [6.07, 6.45) is 8.89. The predicted molar refractivity (Wildman–Crippen MR) is 95.6 cm³/mol. The molecule has 1 spiro atoms. The van der Waals surface area contributed by atoms with Gasteiger partial charge in [0.05, 0.1) is 0 Å². The highest BCUT2D eigenvalue weighted by Gasteiger charge is 2.52. The van der Waals surface area contributed by atoms with Crippen molar-refractivity contribution in [3.05, 3.63) is 0 Å². The highest BCUT2D eigenvalue weighted by Crippen LogP contribution is 2.53. The Bertz CT molecular complexity index is 398. The minimum absolute atomic E-state index is 0.207. The first-order valence-corrected chi connectivity index (χ1v) is 10.0. The number of hydrogen-bond donors (Lipinski definition) is 0. The van der Waals surface area contributed by atoms with Gasteiger partial charge in [-0.3, -0.25) is 9.69 Å². The third-order valence-electron chi connectivity index (χ3n) is 6.71. The lowest BCUT2D eigenvalue weighted by molar-refractivity contribution is -0.122. The third kappa shape index (κ3) is 3.99. The van der Waals surface area contributed by atoms with Crippen LogP contribution in [0.5, 0.6) is 0 Å². The van der Waals surface area contributed by atoms with Crippen molar-refractivity contribution in [3.63, 3.8) is 0 Å². The molecule has 2 aliphatic heterocycles. The van der Waals surface area contributed by atoms with Crippen LogP contribution in [0.3, 0.4) is 0 Å². The molecule has 3 heteroatoms. The normalized spacial score (nSPS) is 26.4. The molecule has 3 fully saturated rings. The van der Waals surface area contributed by atoms with Gasteiger partial charge in [-0.25, -0.2) is 0 Å². The summed E-state index contributed by atoms with van der Waals surface area (Å²) in [6, 6.07) is 0.842. The van der Waals surface area contributed by atoms with Gasteiger partial charge in [-0.05, 0) is 63.1 Å². The lowest BCUT2D eigenvalue weighted by atomic mass is 9.56. The third-order valence-corrected chi connectivity index (χ3v) is 6.71. The minimum atomic E-state index is 0.207. The molecular weight excluding hydrogens is 284 g/mol. The average molecular weight is 321 g/mol. The largest absolute Gasteiger partial charge is 0.303 e. The Morgan fingerprint density at radius 1 is 1.17 bits per heavy atom. The molecule has 2 heterocycles. The average Bonchev–Trinajstić information content (AvgIpc) is 2.46. The fourth-order valence-corrected chi connectivity index (χ4v) is 5.06. The number of ketones is 1. The number of rotatable bonds is 7. The molecule has 0 aromatic rings. The second-order valence-electron chi connectivity index (χ2n) is 8.88. The number of carbonyl (C=O) groups is 1. The van der Waals surface area contributed by atoms with Crippen molar-refractivity contribution >= 4 is 5.78 Å². The van der Waals surface area contributed by atoms with E-state index >= 15 is 0 Å². The number of hydrogen-bond acceptors (Lipinski definition) is 3. The first-order chi connectivity index (χ1) is 11.0. The molecule has 0 radical (unpaired) electrons. The summed E-state index contributed by atoms with van der Waals surface area (Å²) in [5.74, 6) is 1.67. The van der Waals surface area contributed by atoms with Crippen LogP contribution >= 0.6 is 0 Å². The maximum absolute atomic E-state index is 11.7. The quantitative estimate of drug-likeness (QED) is 0.716. The molecule has 1 saturated carbocycles. The Morgan fingerprint density at radius 2 is 1.83 bits per heavy atom. The van der Waals surface area contributed by atoms with Crippen LogP contribution in [0.15, 0.2) is 0 Å². The zero-order chi connectivity index (χ0) is 16.4. The lowest BCUT2D eigenvalue weighted by Gasteiger charge is -2.62. The summed E-state index contributed by atoms with van der Waals surface area (Å²) in [5.41, 5.74) is 0.745. The van der Waals surface area contributed by atoms with Crippen LogP contribution in [0.1, 0.15) is 65.7 Å². The van der Waals surface area contributed by atoms with Gasteiger partial charge < -0.3 is 4.90 Å². The molecule has 0 aromatic heterocycles. The second kappa shape index (κ2) is 7.23. The number of carbonyl (C=O) groups excluding carboxylic acids is 1. The predicted octanol–water partition coefficient (Wildman–Crippen LogP) is 3.58. The highest BCUT2D eigenvalue weighted by atomic mass is 16.1. The maximum atomic E-state index is 11.7. The van der Waals surface area contributed by atoms with Crippen LogP contribution in [-0.2, 0) is 4.79 Å². The van der Waals surface area contributed by atoms with Gasteiger partial charge in [0.1, 0.15) is 5.78 Å². The molecule has 0 atom stereocenters. The van der Waals surface area contributed by atoms with E-state index in [1.54, 1.807) is 0 Å². The fourth-order valence-electron chi connectivity index (χ4n) is 5.06. The van der Waals surface area contributed by atoms with Crippen molar-refractivity contribution in [2.24, 2.45) is 17.3 Å². The van der Waals surface area contributed by atoms with Crippen molar-refractivity contribution in [1.29, 1.82) is 0 Å². The van der Waals surface area contributed by atoms with E-state index in [2.05, 4.69) is 16.7 Å². The van der Waals surface area contributed by atoms with E-state index in [1.807, 2.05) is 13.8 Å². The van der Waals surface area contributed by atoms with Gasteiger partial charge in [-0.1, -0.05) is 27.2 Å². The lowest BCUT2D eigenvalue weighted by Crippen LogP contribution is -2.65. The Kier molecular flexibility index (Phi) is 5.47. The van der Waals surface area contributed by atoms with E-state index in [4.69, 9.17) is 0 Å². The maximum Gasteiger partial charge on any atom is 0.135 e. The summed E-state index contributed by atoms with van der Waals surface area (Å²) in [5, 5.41) is 0. The van der Waals surface area contributed by atoms with Crippen LogP contribution < -0.4 is 0 Å². The Morgan fingerprint density at radius 3 is 2.39 bits per heavy atom. The number of nitrogens with zero attached hydrogens (tertiary/aromatic N) is 2. The van der Waals surface area contributed by atoms with Crippen molar-refractivity contribution in [1.82, 2.24) is 9.80 Å². The van der Waals surface area contributed by atoms with E-state index < -0.39 is 0 Å². The van der Waals surface area contributed by atoms with E-state index in [1.165, 1.54) is 58.3 Å². The number of likely N-dealkylation sites (tertiary alicyclic amines) is 2. The molecule has 1 aliphatic carbocycles. The van der Waals surface area contributed by atoms with Crippen molar-refractivity contribution < 1.29 is 4.79 Å². The van der Waals surface area contributed by atoms with Crippen LogP contribution in [0.4, 0.5) is 0 Å². The Balaban J connectivity index is 1.29. The molecule has 2 saturated heterocycles. The Labute approximate surface area is 142 Å². The minimum Gasteiger partial charge on any atom is -0.303 e. The zero-order valence-electron chi connectivity index (χ0n) is 15.5. The second-order valence-corrected chi connectivity index (χ2v) is 8.88. The van der Waals surface area contributed by atoms with Gasteiger partial charge in [0, 0.05) is 31.5 Å². The molecule has 0 amide bonds. The van der Waals surface area contributed by atoms with Gasteiger partial charge in [-0.2, -0.15) is 0 Å². The van der Waals surface area contributed by atoms with Crippen molar-refractivity contribution in [3.8, 4) is 0 Å². The number of piperidine rings is 1. The summed E-state index contributed by atoms with van der Waals surface area (Å²) in [6.45, 7) is 12.7. The monoisotopic (exact) mass is 320 g/mol. The van der Waals surface area contributed by atoms with Gasteiger partial charge in [0.25, 0.3) is 0 Å². The standard InChI is InChI=1S/C20H36N2O/c1-4-17-12-20(13-17)14-22(15-20)18-7-10-21(11-8-18)9-5-6-19(23)16(2)3/h16-18H,4-15H2,1-3H3. The first-order valence-electron chi connectivity index (χ1n) is 10.0. The van der Waals surface area contributed by atoms with Gasteiger partial charge in [-0.15, -0.1) is 0 Å². The smallest absolute Gasteiger partial charge is 0.135 e. The molecule has 0 bridgehead atoms. The van der Waals surface area contributed by atoms with E-state index in [0.29, 0.717) is 5.78 Å². The Hall–Kier alpha value is -0.410. The van der Waals surface area contributed by atoms with Crippen molar-refractivity contribution in [2.75, 3.05) is 32.7 Å². The number of Topliss-reactive ketones (excluding diaryl/α,β-unsaturated/α-hetero) is 1. The molecule has 3 aliphatic rings. The van der Waals surface area contributed by atoms with Crippen molar-refractivity contribution in [2.45, 2.75) is 71.8 Å². The summed E-state index contributed by atoms with van der Waals surface area (Å²) in [4.78, 5) is 17.0. The first kappa shape index (κ1) is 17.4. The molecule has 0 unspecified atom stereocenters. The van der Waals surface area contributed by atoms with E-state index in [0.717, 1.165) is 36.8 Å². The van der Waals surface area contributed by atoms with Gasteiger partial charge in [0.2, 0.25) is 0 Å². The fraction of sp³-hybridized carbons (Fsp3) is 0.950. The summed E-state index contributed by atoms with van der Waals surface area (Å²) in [7, 11) is 0.